The summed E-state index contributed by atoms with van der Waals surface area (Å²) in [7, 11) is 0. The third-order valence-corrected chi connectivity index (χ3v) is 1.53. The van der Waals surface area contributed by atoms with Crippen LogP contribution in [0.5, 0.6) is 0 Å². The highest BCUT2D eigenvalue weighted by atomic mass is 35.5. The highest BCUT2D eigenvalue weighted by molar-refractivity contribution is 6.34. The van der Waals surface area contributed by atoms with Crippen molar-refractivity contribution in [2.24, 2.45) is 0 Å². The standard InChI is InChI=1S/C6H3Cl2NO2/c7-4-2-1-3(6(10)11)5(8)9-4/h1-2H,(H,10,11)/p-1. The van der Waals surface area contributed by atoms with Crippen LogP contribution in [-0.2, 0) is 0 Å². The molecule has 0 aliphatic heterocycles. The summed E-state index contributed by atoms with van der Waals surface area (Å²) in [5.41, 5.74) is -0.156. The Hall–Kier alpha value is -0.800. The number of rotatable bonds is 1. The summed E-state index contributed by atoms with van der Waals surface area (Å²) < 4.78 is 0. The van der Waals surface area contributed by atoms with Crippen LogP contribution in [-0.4, -0.2) is 11.0 Å². The van der Waals surface area contributed by atoms with Gasteiger partial charge in [0.1, 0.15) is 10.3 Å². The molecule has 11 heavy (non-hydrogen) atoms. The molecule has 0 N–H and O–H groups in total. The molecule has 0 spiro atoms. The first-order valence-corrected chi connectivity index (χ1v) is 3.40. The van der Waals surface area contributed by atoms with Gasteiger partial charge in [0.2, 0.25) is 0 Å². The lowest BCUT2D eigenvalue weighted by Gasteiger charge is -2.02. The van der Waals surface area contributed by atoms with Gasteiger partial charge >= 0.3 is 0 Å². The minimum absolute atomic E-state index is 0.153. The van der Waals surface area contributed by atoms with Crippen molar-refractivity contribution in [1.82, 2.24) is 4.98 Å². The molecule has 0 fully saturated rings. The Morgan fingerprint density at radius 3 is 2.55 bits per heavy atom. The summed E-state index contributed by atoms with van der Waals surface area (Å²) in [6.45, 7) is 0. The van der Waals surface area contributed by atoms with Gasteiger partial charge < -0.3 is 9.90 Å². The van der Waals surface area contributed by atoms with Crippen LogP contribution in [0.4, 0.5) is 0 Å². The number of aromatic carboxylic acids is 1. The van der Waals surface area contributed by atoms with Gasteiger partial charge in [-0.25, -0.2) is 4.98 Å². The summed E-state index contributed by atoms with van der Waals surface area (Å²) in [5.74, 6) is -1.36. The van der Waals surface area contributed by atoms with Gasteiger partial charge in [0.15, 0.2) is 0 Å². The van der Waals surface area contributed by atoms with E-state index >= 15 is 0 Å². The summed E-state index contributed by atoms with van der Waals surface area (Å²) in [4.78, 5) is 13.8. The first-order valence-electron chi connectivity index (χ1n) is 2.64. The number of carbonyl (C=O) groups is 1. The average molecular weight is 191 g/mol. The van der Waals surface area contributed by atoms with Crippen molar-refractivity contribution in [3.63, 3.8) is 0 Å². The molecule has 58 valence electrons. The number of pyridine rings is 1. The van der Waals surface area contributed by atoms with Crippen LogP contribution in [0, 0.1) is 0 Å². The molecule has 0 saturated heterocycles. The minimum Gasteiger partial charge on any atom is -0.545 e. The Morgan fingerprint density at radius 1 is 1.45 bits per heavy atom. The van der Waals surface area contributed by atoms with Crippen LogP contribution < -0.4 is 5.11 Å². The number of halogens is 2. The minimum atomic E-state index is -1.36. The molecule has 5 heteroatoms. The fraction of sp³-hybridized carbons (Fsp3) is 0. The number of carboxylic acids is 1. The lowest BCUT2D eigenvalue weighted by molar-refractivity contribution is -0.255. The van der Waals surface area contributed by atoms with Gasteiger partial charge in [0, 0.05) is 5.56 Å². The molecule has 0 atom stereocenters. The number of carbonyl (C=O) groups excluding carboxylic acids is 1. The molecule has 1 aromatic heterocycles. The van der Waals surface area contributed by atoms with E-state index in [1.54, 1.807) is 0 Å². The van der Waals surface area contributed by atoms with Crippen LogP contribution in [0.15, 0.2) is 12.1 Å². The quantitative estimate of drug-likeness (QED) is 0.615. The SMILES string of the molecule is O=C([O-])c1ccc(Cl)nc1Cl. The predicted octanol–water partition coefficient (Wildman–Crippen LogP) is 0.752. The second kappa shape index (κ2) is 3.07. The zero-order valence-electron chi connectivity index (χ0n) is 5.17. The predicted molar refractivity (Wildman–Crippen MR) is 38.6 cm³/mol. The Kier molecular flexibility index (Phi) is 2.31. The molecule has 0 saturated carbocycles. The van der Waals surface area contributed by atoms with Crippen molar-refractivity contribution in [3.8, 4) is 0 Å². The van der Waals surface area contributed by atoms with Gasteiger partial charge in [-0.15, -0.1) is 0 Å². The summed E-state index contributed by atoms with van der Waals surface area (Å²) >= 11 is 10.8. The van der Waals surface area contributed by atoms with E-state index in [2.05, 4.69) is 4.98 Å². The van der Waals surface area contributed by atoms with Crippen molar-refractivity contribution < 1.29 is 9.90 Å². The molecule has 1 aromatic rings. The number of hydrogen-bond donors (Lipinski definition) is 0. The summed E-state index contributed by atoms with van der Waals surface area (Å²) in [6.07, 6.45) is 0. The topological polar surface area (TPSA) is 53.0 Å². The van der Waals surface area contributed by atoms with Crippen molar-refractivity contribution in [1.29, 1.82) is 0 Å². The van der Waals surface area contributed by atoms with E-state index in [1.807, 2.05) is 0 Å². The third-order valence-electron chi connectivity index (χ3n) is 1.03. The Morgan fingerprint density at radius 2 is 2.09 bits per heavy atom. The maximum absolute atomic E-state index is 10.3. The molecule has 0 bridgehead atoms. The molecule has 1 rings (SSSR count). The molecule has 0 amide bonds. The van der Waals surface area contributed by atoms with Gasteiger partial charge in [0.05, 0.1) is 5.97 Å². The van der Waals surface area contributed by atoms with Gasteiger partial charge in [-0.3, -0.25) is 0 Å². The van der Waals surface area contributed by atoms with E-state index in [-0.39, 0.29) is 15.9 Å². The van der Waals surface area contributed by atoms with Crippen LogP contribution in [0.25, 0.3) is 0 Å². The van der Waals surface area contributed by atoms with E-state index < -0.39 is 5.97 Å². The van der Waals surface area contributed by atoms with Crippen LogP contribution in [0.2, 0.25) is 10.3 Å². The molecule has 0 unspecified atom stereocenters. The number of aromatic nitrogens is 1. The summed E-state index contributed by atoms with van der Waals surface area (Å²) in [6, 6.07) is 2.57. The van der Waals surface area contributed by atoms with Crippen LogP contribution >= 0.6 is 23.2 Å². The molecule has 1 heterocycles. The fourth-order valence-electron chi connectivity index (χ4n) is 0.564. The second-order valence-electron chi connectivity index (χ2n) is 1.76. The van der Waals surface area contributed by atoms with Gasteiger partial charge in [-0.1, -0.05) is 23.2 Å². The first-order chi connectivity index (χ1) is 5.11. The molecule has 0 aromatic carbocycles. The molecule has 0 aliphatic carbocycles. The number of carboxylic acid groups (broad SMARTS) is 1. The second-order valence-corrected chi connectivity index (χ2v) is 2.51. The molecule has 0 radical (unpaired) electrons. The lowest BCUT2D eigenvalue weighted by atomic mass is 10.3. The van der Waals surface area contributed by atoms with Crippen LogP contribution in [0.3, 0.4) is 0 Å². The summed E-state index contributed by atoms with van der Waals surface area (Å²) in [5, 5.41) is 10.3. The van der Waals surface area contributed by atoms with Gasteiger partial charge in [0.25, 0.3) is 0 Å². The fourth-order valence-corrected chi connectivity index (χ4v) is 0.986. The molecule has 0 aliphatic rings. The maximum atomic E-state index is 10.3. The van der Waals surface area contributed by atoms with Crippen LogP contribution in [0.1, 0.15) is 10.4 Å². The van der Waals surface area contributed by atoms with E-state index in [9.17, 15) is 9.90 Å². The average Bonchev–Trinajstić information content (AvgIpc) is 1.85. The lowest BCUT2D eigenvalue weighted by Crippen LogP contribution is -2.22. The molecule has 3 nitrogen and oxygen atoms in total. The molecular formula is C6H2Cl2NO2-. The smallest absolute Gasteiger partial charge is 0.139 e. The first kappa shape index (κ1) is 8.30. The van der Waals surface area contributed by atoms with E-state index in [4.69, 9.17) is 23.2 Å². The van der Waals surface area contributed by atoms with Crippen molar-refractivity contribution in [3.05, 3.63) is 28.0 Å². The zero-order valence-corrected chi connectivity index (χ0v) is 6.69. The Labute approximate surface area is 72.6 Å². The van der Waals surface area contributed by atoms with E-state index in [1.165, 1.54) is 12.1 Å². The largest absolute Gasteiger partial charge is 0.545 e. The highest BCUT2D eigenvalue weighted by Crippen LogP contribution is 2.15. The number of hydrogen-bond acceptors (Lipinski definition) is 3. The van der Waals surface area contributed by atoms with E-state index in [0.717, 1.165) is 0 Å². The van der Waals surface area contributed by atoms with Gasteiger partial charge in [-0.05, 0) is 12.1 Å². The highest BCUT2D eigenvalue weighted by Gasteiger charge is 2.01. The monoisotopic (exact) mass is 190 g/mol. The Balaban J connectivity index is 3.20. The number of nitrogens with zero attached hydrogens (tertiary/aromatic N) is 1. The zero-order chi connectivity index (χ0) is 8.43. The van der Waals surface area contributed by atoms with Gasteiger partial charge in [-0.2, -0.15) is 0 Å². The van der Waals surface area contributed by atoms with Crippen molar-refractivity contribution in [2.75, 3.05) is 0 Å². The van der Waals surface area contributed by atoms with Crippen molar-refractivity contribution >= 4 is 29.2 Å². The van der Waals surface area contributed by atoms with Crippen molar-refractivity contribution in [2.45, 2.75) is 0 Å². The normalized spacial score (nSPS) is 9.64. The Bertz CT molecular complexity index is 301. The van der Waals surface area contributed by atoms with E-state index in [0.29, 0.717) is 0 Å². The molecular weight excluding hydrogens is 189 g/mol. The maximum Gasteiger partial charge on any atom is 0.139 e. The third kappa shape index (κ3) is 1.82.